The monoisotopic (exact) mass is 233 g/mol. The summed E-state index contributed by atoms with van der Waals surface area (Å²) in [5, 5.41) is 0. The Labute approximate surface area is 104 Å². The molecular formula is C14H23N3. The highest BCUT2D eigenvalue weighted by Crippen LogP contribution is 2.30. The third-order valence-electron chi connectivity index (χ3n) is 3.81. The maximum Gasteiger partial charge on any atom is 0.0593 e. The molecule has 0 aromatic carbocycles. The molecule has 17 heavy (non-hydrogen) atoms. The zero-order valence-electron chi connectivity index (χ0n) is 11.4. The van der Waals surface area contributed by atoms with Gasteiger partial charge in [0.05, 0.1) is 5.69 Å². The average molecular weight is 233 g/mol. The second kappa shape index (κ2) is 4.30. The molecule has 2 heterocycles. The number of pyridine rings is 1. The van der Waals surface area contributed by atoms with E-state index in [2.05, 4.69) is 30.7 Å². The number of hydrogen-bond acceptors (Lipinski definition) is 3. The zero-order chi connectivity index (χ0) is 12.6. The quantitative estimate of drug-likeness (QED) is 0.853. The average Bonchev–Trinajstić information content (AvgIpc) is 2.59. The molecule has 0 radical (unpaired) electrons. The minimum atomic E-state index is 0.449. The Hall–Kier alpha value is -1.09. The van der Waals surface area contributed by atoms with Crippen molar-refractivity contribution in [1.82, 2.24) is 9.88 Å². The van der Waals surface area contributed by atoms with Crippen LogP contribution in [0, 0.1) is 19.3 Å². The summed E-state index contributed by atoms with van der Waals surface area (Å²) in [5.41, 5.74) is 10.8. The summed E-state index contributed by atoms with van der Waals surface area (Å²) in [7, 11) is 0. The third-order valence-corrected chi connectivity index (χ3v) is 3.81. The number of likely N-dealkylation sites (tertiary alicyclic amines) is 1. The largest absolute Gasteiger partial charge is 0.398 e. The van der Waals surface area contributed by atoms with Crippen LogP contribution in [0.5, 0.6) is 0 Å². The Morgan fingerprint density at radius 1 is 1.41 bits per heavy atom. The summed E-state index contributed by atoms with van der Waals surface area (Å²) in [6, 6.07) is 0. The van der Waals surface area contributed by atoms with Gasteiger partial charge in [0.2, 0.25) is 0 Å². The van der Waals surface area contributed by atoms with Crippen molar-refractivity contribution in [2.24, 2.45) is 5.41 Å². The van der Waals surface area contributed by atoms with Gasteiger partial charge in [0.25, 0.3) is 0 Å². The van der Waals surface area contributed by atoms with Crippen LogP contribution in [0.2, 0.25) is 0 Å². The predicted molar refractivity (Wildman–Crippen MR) is 71.8 cm³/mol. The summed E-state index contributed by atoms with van der Waals surface area (Å²) in [6.07, 6.45) is 3.16. The lowest BCUT2D eigenvalue weighted by Gasteiger charge is -2.20. The molecule has 3 heteroatoms. The SMILES string of the molecule is Cc1cnc(CN2CCC(C)(C)C2)c(C)c1N. The van der Waals surface area contributed by atoms with Crippen LogP contribution in [0.15, 0.2) is 6.20 Å². The van der Waals surface area contributed by atoms with Gasteiger partial charge in [-0.2, -0.15) is 0 Å². The van der Waals surface area contributed by atoms with Gasteiger partial charge >= 0.3 is 0 Å². The zero-order valence-corrected chi connectivity index (χ0v) is 11.4. The highest BCUT2D eigenvalue weighted by Gasteiger charge is 2.29. The van der Waals surface area contributed by atoms with Crippen molar-refractivity contribution < 1.29 is 0 Å². The molecule has 1 aliphatic rings. The summed E-state index contributed by atoms with van der Waals surface area (Å²) in [4.78, 5) is 7.00. The van der Waals surface area contributed by atoms with E-state index in [1.165, 1.54) is 13.0 Å². The number of aryl methyl sites for hydroxylation is 1. The van der Waals surface area contributed by atoms with E-state index in [1.807, 2.05) is 13.1 Å². The molecule has 94 valence electrons. The Kier molecular flexibility index (Phi) is 3.13. The molecule has 1 fully saturated rings. The number of anilines is 1. The number of hydrogen-bond donors (Lipinski definition) is 1. The van der Waals surface area contributed by atoms with Gasteiger partial charge in [-0.1, -0.05) is 13.8 Å². The summed E-state index contributed by atoms with van der Waals surface area (Å²) < 4.78 is 0. The Bertz CT molecular complexity index is 424. The van der Waals surface area contributed by atoms with Gasteiger partial charge in [-0.3, -0.25) is 9.88 Å². The predicted octanol–water partition coefficient (Wildman–Crippen LogP) is 2.51. The normalized spacial score (nSPS) is 19.8. The van der Waals surface area contributed by atoms with Gasteiger partial charge in [-0.15, -0.1) is 0 Å². The van der Waals surface area contributed by atoms with Crippen molar-refractivity contribution in [2.75, 3.05) is 18.8 Å². The van der Waals surface area contributed by atoms with Gasteiger partial charge in [0.1, 0.15) is 0 Å². The first kappa shape index (κ1) is 12.4. The van der Waals surface area contributed by atoms with Crippen molar-refractivity contribution in [1.29, 1.82) is 0 Å². The van der Waals surface area contributed by atoms with E-state index in [1.54, 1.807) is 0 Å². The van der Waals surface area contributed by atoms with E-state index in [0.717, 1.165) is 35.6 Å². The Morgan fingerprint density at radius 3 is 2.71 bits per heavy atom. The second-order valence-electron chi connectivity index (χ2n) is 6.05. The van der Waals surface area contributed by atoms with Crippen molar-refractivity contribution >= 4 is 5.69 Å². The molecule has 1 saturated heterocycles. The summed E-state index contributed by atoms with van der Waals surface area (Å²) in [5.74, 6) is 0. The number of aromatic nitrogens is 1. The van der Waals surface area contributed by atoms with E-state index in [9.17, 15) is 0 Å². The standard InChI is InChI=1S/C14H23N3/c1-10-7-16-12(11(2)13(10)15)8-17-6-5-14(3,4)9-17/h7H,5-6,8-9H2,1-4H3,(H2,15,16). The van der Waals surface area contributed by atoms with Crippen molar-refractivity contribution in [3.63, 3.8) is 0 Å². The highest BCUT2D eigenvalue weighted by molar-refractivity contribution is 5.53. The molecule has 1 aromatic heterocycles. The molecule has 0 saturated carbocycles. The van der Waals surface area contributed by atoms with E-state index < -0.39 is 0 Å². The Balaban J connectivity index is 2.13. The van der Waals surface area contributed by atoms with E-state index in [0.29, 0.717) is 5.41 Å². The fourth-order valence-electron chi connectivity index (χ4n) is 2.52. The van der Waals surface area contributed by atoms with Gasteiger partial charge in [0.15, 0.2) is 0 Å². The van der Waals surface area contributed by atoms with Crippen LogP contribution in [0.3, 0.4) is 0 Å². The van der Waals surface area contributed by atoms with Gasteiger partial charge in [-0.05, 0) is 43.4 Å². The molecule has 2 rings (SSSR count). The second-order valence-corrected chi connectivity index (χ2v) is 6.05. The first-order chi connectivity index (χ1) is 7.89. The number of nitrogen functional groups attached to an aromatic ring is 1. The lowest BCUT2D eigenvalue weighted by Crippen LogP contribution is -2.24. The minimum absolute atomic E-state index is 0.449. The van der Waals surface area contributed by atoms with Crippen LogP contribution < -0.4 is 5.73 Å². The fourth-order valence-corrected chi connectivity index (χ4v) is 2.52. The van der Waals surface area contributed by atoms with E-state index in [-0.39, 0.29) is 0 Å². The molecule has 0 amide bonds. The number of nitrogens with two attached hydrogens (primary N) is 1. The fraction of sp³-hybridized carbons (Fsp3) is 0.643. The van der Waals surface area contributed by atoms with Crippen molar-refractivity contribution in [3.05, 3.63) is 23.0 Å². The van der Waals surface area contributed by atoms with Crippen LogP contribution in [0.1, 0.15) is 37.1 Å². The van der Waals surface area contributed by atoms with Crippen LogP contribution in [-0.4, -0.2) is 23.0 Å². The highest BCUT2D eigenvalue weighted by atomic mass is 15.2. The van der Waals surface area contributed by atoms with Gasteiger partial charge in [0, 0.05) is 25.0 Å². The topological polar surface area (TPSA) is 42.2 Å². The molecule has 0 spiro atoms. The van der Waals surface area contributed by atoms with Crippen molar-refractivity contribution in [3.8, 4) is 0 Å². The molecule has 3 nitrogen and oxygen atoms in total. The molecule has 1 aliphatic heterocycles. The summed E-state index contributed by atoms with van der Waals surface area (Å²) >= 11 is 0. The Morgan fingerprint density at radius 2 is 2.12 bits per heavy atom. The van der Waals surface area contributed by atoms with Crippen molar-refractivity contribution in [2.45, 2.75) is 40.7 Å². The first-order valence-electron chi connectivity index (χ1n) is 6.32. The van der Waals surface area contributed by atoms with E-state index >= 15 is 0 Å². The summed E-state index contributed by atoms with van der Waals surface area (Å²) in [6.45, 7) is 12.0. The van der Waals surface area contributed by atoms with Crippen LogP contribution in [-0.2, 0) is 6.54 Å². The third kappa shape index (κ3) is 2.60. The molecule has 0 unspecified atom stereocenters. The molecule has 1 aromatic rings. The van der Waals surface area contributed by atoms with Gasteiger partial charge in [-0.25, -0.2) is 0 Å². The lowest BCUT2D eigenvalue weighted by atomic mass is 9.93. The van der Waals surface area contributed by atoms with Crippen LogP contribution >= 0.6 is 0 Å². The first-order valence-corrected chi connectivity index (χ1v) is 6.32. The lowest BCUT2D eigenvalue weighted by molar-refractivity contribution is 0.281. The van der Waals surface area contributed by atoms with Crippen LogP contribution in [0.25, 0.3) is 0 Å². The molecule has 2 N–H and O–H groups in total. The molecule has 0 atom stereocenters. The molecule has 0 bridgehead atoms. The van der Waals surface area contributed by atoms with Gasteiger partial charge < -0.3 is 5.73 Å². The molecule has 0 aliphatic carbocycles. The smallest absolute Gasteiger partial charge is 0.0593 e. The van der Waals surface area contributed by atoms with Crippen LogP contribution in [0.4, 0.5) is 5.69 Å². The molecular weight excluding hydrogens is 210 g/mol. The number of nitrogens with zero attached hydrogens (tertiary/aromatic N) is 2. The maximum absolute atomic E-state index is 6.05. The number of rotatable bonds is 2. The maximum atomic E-state index is 6.05. The van der Waals surface area contributed by atoms with E-state index in [4.69, 9.17) is 5.73 Å². The minimum Gasteiger partial charge on any atom is -0.398 e.